The molecule has 2 aliphatic rings. The number of hydrogen-bond donors (Lipinski definition) is 1. The van der Waals surface area contributed by atoms with E-state index in [1.807, 2.05) is 0 Å². The SMILES string of the molecule is OCC1CCC(CCN2CCSCC2)CC1. The first-order valence-electron chi connectivity index (χ1n) is 6.79. The van der Waals surface area contributed by atoms with Gasteiger partial charge in [0.25, 0.3) is 0 Å². The summed E-state index contributed by atoms with van der Waals surface area (Å²) in [5, 5.41) is 9.10. The molecule has 0 aromatic carbocycles. The van der Waals surface area contributed by atoms with Crippen LogP contribution in [0.1, 0.15) is 32.1 Å². The van der Waals surface area contributed by atoms with Crippen LogP contribution in [-0.2, 0) is 0 Å². The Bertz CT molecular complexity index is 186. The Morgan fingerprint density at radius 1 is 1.00 bits per heavy atom. The van der Waals surface area contributed by atoms with Gasteiger partial charge in [-0.15, -0.1) is 0 Å². The maximum Gasteiger partial charge on any atom is 0.0459 e. The Labute approximate surface area is 104 Å². The lowest BCUT2D eigenvalue weighted by atomic mass is 9.81. The summed E-state index contributed by atoms with van der Waals surface area (Å²) in [6.07, 6.45) is 6.62. The summed E-state index contributed by atoms with van der Waals surface area (Å²) in [5.74, 6) is 4.22. The predicted molar refractivity (Wildman–Crippen MR) is 70.9 cm³/mol. The second-order valence-corrected chi connectivity index (χ2v) is 6.54. The molecular formula is C13H25NOS. The van der Waals surface area contributed by atoms with Crippen molar-refractivity contribution in [1.82, 2.24) is 4.90 Å². The molecule has 0 radical (unpaired) electrons. The van der Waals surface area contributed by atoms with E-state index < -0.39 is 0 Å². The van der Waals surface area contributed by atoms with Crippen molar-refractivity contribution < 1.29 is 5.11 Å². The molecule has 16 heavy (non-hydrogen) atoms. The lowest BCUT2D eigenvalue weighted by Crippen LogP contribution is -2.34. The van der Waals surface area contributed by atoms with E-state index in [0.717, 1.165) is 5.92 Å². The molecule has 1 aliphatic carbocycles. The third kappa shape index (κ3) is 3.94. The van der Waals surface area contributed by atoms with Gasteiger partial charge in [0.2, 0.25) is 0 Å². The highest BCUT2D eigenvalue weighted by atomic mass is 32.2. The number of hydrogen-bond acceptors (Lipinski definition) is 3. The minimum atomic E-state index is 0.413. The number of rotatable bonds is 4. The molecule has 0 unspecified atom stereocenters. The quantitative estimate of drug-likeness (QED) is 0.819. The molecule has 3 heteroatoms. The molecule has 1 heterocycles. The van der Waals surface area contributed by atoms with Crippen LogP contribution in [0.4, 0.5) is 0 Å². The second-order valence-electron chi connectivity index (χ2n) is 5.31. The van der Waals surface area contributed by atoms with Crippen LogP contribution in [-0.4, -0.2) is 47.8 Å². The van der Waals surface area contributed by atoms with Crippen LogP contribution in [0.5, 0.6) is 0 Å². The molecule has 0 atom stereocenters. The Hall–Kier alpha value is 0.270. The molecule has 2 fully saturated rings. The fourth-order valence-corrected chi connectivity index (χ4v) is 3.87. The molecule has 1 N–H and O–H groups in total. The van der Waals surface area contributed by atoms with Gasteiger partial charge in [0.15, 0.2) is 0 Å². The lowest BCUT2D eigenvalue weighted by molar-refractivity contribution is 0.157. The minimum Gasteiger partial charge on any atom is -0.396 e. The standard InChI is InChI=1S/C13H25NOS/c15-11-13-3-1-12(2-4-13)5-6-14-7-9-16-10-8-14/h12-13,15H,1-11H2. The van der Waals surface area contributed by atoms with E-state index in [0.29, 0.717) is 12.5 Å². The molecule has 1 saturated heterocycles. The van der Waals surface area contributed by atoms with Gasteiger partial charge in [0, 0.05) is 31.2 Å². The molecule has 1 saturated carbocycles. The van der Waals surface area contributed by atoms with E-state index in [1.165, 1.54) is 63.2 Å². The minimum absolute atomic E-state index is 0.413. The lowest BCUT2D eigenvalue weighted by Gasteiger charge is -2.31. The maximum atomic E-state index is 9.10. The Morgan fingerprint density at radius 2 is 1.62 bits per heavy atom. The van der Waals surface area contributed by atoms with Gasteiger partial charge in [0.05, 0.1) is 0 Å². The number of aliphatic hydroxyl groups excluding tert-OH is 1. The number of aliphatic hydroxyl groups is 1. The van der Waals surface area contributed by atoms with Gasteiger partial charge in [-0.2, -0.15) is 11.8 Å². The van der Waals surface area contributed by atoms with Crippen molar-refractivity contribution in [3.8, 4) is 0 Å². The first kappa shape index (κ1) is 12.7. The van der Waals surface area contributed by atoms with Crippen LogP contribution in [0.25, 0.3) is 0 Å². The largest absolute Gasteiger partial charge is 0.396 e. The average molecular weight is 243 g/mol. The Kier molecular flexibility index (Phi) is 5.46. The maximum absolute atomic E-state index is 9.10. The third-order valence-electron chi connectivity index (χ3n) is 4.18. The molecule has 0 aromatic heterocycles. The molecule has 0 amide bonds. The highest BCUT2D eigenvalue weighted by molar-refractivity contribution is 7.99. The number of thioether (sulfide) groups is 1. The Balaban J connectivity index is 1.59. The summed E-state index contributed by atoms with van der Waals surface area (Å²) >= 11 is 2.09. The molecule has 0 bridgehead atoms. The zero-order chi connectivity index (χ0) is 11.2. The first-order valence-corrected chi connectivity index (χ1v) is 7.95. The van der Waals surface area contributed by atoms with Gasteiger partial charge in [-0.1, -0.05) is 12.8 Å². The zero-order valence-electron chi connectivity index (χ0n) is 10.2. The molecule has 0 aromatic rings. The van der Waals surface area contributed by atoms with Crippen molar-refractivity contribution in [3.05, 3.63) is 0 Å². The van der Waals surface area contributed by atoms with E-state index in [1.54, 1.807) is 0 Å². The molecule has 2 nitrogen and oxygen atoms in total. The van der Waals surface area contributed by atoms with Gasteiger partial charge < -0.3 is 10.0 Å². The van der Waals surface area contributed by atoms with Crippen molar-refractivity contribution >= 4 is 11.8 Å². The highest BCUT2D eigenvalue weighted by Gasteiger charge is 2.21. The average Bonchev–Trinajstić information content (AvgIpc) is 2.38. The van der Waals surface area contributed by atoms with Crippen LogP contribution in [0.3, 0.4) is 0 Å². The fourth-order valence-electron chi connectivity index (χ4n) is 2.89. The van der Waals surface area contributed by atoms with Gasteiger partial charge in [-0.25, -0.2) is 0 Å². The second kappa shape index (κ2) is 6.87. The van der Waals surface area contributed by atoms with Crippen molar-refractivity contribution in [2.75, 3.05) is 37.7 Å². The van der Waals surface area contributed by atoms with Crippen molar-refractivity contribution in [2.24, 2.45) is 11.8 Å². The number of nitrogens with zero attached hydrogens (tertiary/aromatic N) is 1. The smallest absolute Gasteiger partial charge is 0.0459 e. The summed E-state index contributed by atoms with van der Waals surface area (Å²) in [5.41, 5.74) is 0. The van der Waals surface area contributed by atoms with Gasteiger partial charge in [-0.3, -0.25) is 0 Å². The third-order valence-corrected chi connectivity index (χ3v) is 5.12. The molecule has 1 aliphatic heterocycles. The summed E-state index contributed by atoms with van der Waals surface area (Å²) in [4.78, 5) is 2.63. The summed E-state index contributed by atoms with van der Waals surface area (Å²) in [6, 6.07) is 0. The van der Waals surface area contributed by atoms with E-state index in [2.05, 4.69) is 16.7 Å². The monoisotopic (exact) mass is 243 g/mol. The fraction of sp³-hybridized carbons (Fsp3) is 1.00. The molecule has 94 valence electrons. The Morgan fingerprint density at radius 3 is 2.25 bits per heavy atom. The molecule has 2 rings (SSSR count). The van der Waals surface area contributed by atoms with Crippen molar-refractivity contribution in [1.29, 1.82) is 0 Å². The molecular weight excluding hydrogens is 218 g/mol. The predicted octanol–water partition coefficient (Wildman–Crippen LogP) is 2.22. The zero-order valence-corrected chi connectivity index (χ0v) is 11.1. The van der Waals surface area contributed by atoms with Gasteiger partial charge >= 0.3 is 0 Å². The van der Waals surface area contributed by atoms with Crippen molar-refractivity contribution in [3.63, 3.8) is 0 Å². The van der Waals surface area contributed by atoms with Crippen LogP contribution < -0.4 is 0 Å². The van der Waals surface area contributed by atoms with Crippen molar-refractivity contribution in [2.45, 2.75) is 32.1 Å². The summed E-state index contributed by atoms with van der Waals surface area (Å²) < 4.78 is 0. The van der Waals surface area contributed by atoms with Crippen LogP contribution in [0.15, 0.2) is 0 Å². The van der Waals surface area contributed by atoms with Crippen LogP contribution in [0.2, 0.25) is 0 Å². The van der Waals surface area contributed by atoms with Crippen LogP contribution in [0, 0.1) is 11.8 Å². The summed E-state index contributed by atoms with van der Waals surface area (Å²) in [6.45, 7) is 4.33. The topological polar surface area (TPSA) is 23.5 Å². The van der Waals surface area contributed by atoms with E-state index in [9.17, 15) is 0 Å². The van der Waals surface area contributed by atoms with Gasteiger partial charge in [0.1, 0.15) is 0 Å². The highest BCUT2D eigenvalue weighted by Crippen LogP contribution is 2.30. The van der Waals surface area contributed by atoms with Gasteiger partial charge in [-0.05, 0) is 37.6 Å². The molecule has 0 spiro atoms. The summed E-state index contributed by atoms with van der Waals surface area (Å²) in [7, 11) is 0. The van der Waals surface area contributed by atoms with E-state index in [4.69, 9.17) is 5.11 Å². The normalized spacial score (nSPS) is 32.8. The van der Waals surface area contributed by atoms with E-state index in [-0.39, 0.29) is 0 Å². The van der Waals surface area contributed by atoms with E-state index >= 15 is 0 Å². The first-order chi connectivity index (χ1) is 7.88. The van der Waals surface area contributed by atoms with Crippen LogP contribution >= 0.6 is 11.8 Å².